The molecule has 5 nitrogen and oxygen atoms in total. The molecule has 2 aromatic rings. The third-order valence-corrected chi connectivity index (χ3v) is 4.79. The SMILES string of the molecule is CCNC(=NCc1ccc(C)cc1SC)NCc1nccn1CC(C)C.I. The van der Waals surface area contributed by atoms with Gasteiger partial charge < -0.3 is 15.2 Å². The topological polar surface area (TPSA) is 54.2 Å². The first-order valence-corrected chi connectivity index (χ1v) is 10.4. The maximum absolute atomic E-state index is 4.76. The van der Waals surface area contributed by atoms with Crippen molar-refractivity contribution in [1.82, 2.24) is 20.2 Å². The van der Waals surface area contributed by atoms with Crippen LogP contribution in [0.5, 0.6) is 0 Å². The average Bonchev–Trinajstić information content (AvgIpc) is 3.04. The number of nitrogens with zero attached hydrogens (tertiary/aromatic N) is 3. The summed E-state index contributed by atoms with van der Waals surface area (Å²) in [5.41, 5.74) is 2.53. The van der Waals surface area contributed by atoms with E-state index in [1.165, 1.54) is 16.0 Å². The Kier molecular flexibility index (Phi) is 10.8. The molecule has 2 rings (SSSR count). The lowest BCUT2D eigenvalue weighted by molar-refractivity contribution is 0.503. The Labute approximate surface area is 184 Å². The van der Waals surface area contributed by atoms with Crippen molar-refractivity contribution in [3.05, 3.63) is 47.5 Å². The number of halogens is 1. The zero-order chi connectivity index (χ0) is 18.9. The molecule has 0 saturated carbocycles. The van der Waals surface area contributed by atoms with E-state index in [1.54, 1.807) is 11.8 Å². The molecule has 2 N–H and O–H groups in total. The van der Waals surface area contributed by atoms with E-state index in [2.05, 4.69) is 72.3 Å². The maximum Gasteiger partial charge on any atom is 0.191 e. The van der Waals surface area contributed by atoms with Gasteiger partial charge in [0.05, 0.1) is 13.1 Å². The predicted molar refractivity (Wildman–Crippen MR) is 127 cm³/mol. The number of aliphatic imine (C=N–C) groups is 1. The van der Waals surface area contributed by atoms with Gasteiger partial charge in [-0.2, -0.15) is 0 Å². The minimum Gasteiger partial charge on any atom is -0.357 e. The molecule has 0 amide bonds. The van der Waals surface area contributed by atoms with Gasteiger partial charge in [-0.25, -0.2) is 9.98 Å². The molecule has 1 aromatic heterocycles. The summed E-state index contributed by atoms with van der Waals surface area (Å²) in [6, 6.07) is 6.54. The second-order valence-corrected chi connectivity index (χ2v) is 7.60. The van der Waals surface area contributed by atoms with E-state index in [9.17, 15) is 0 Å². The summed E-state index contributed by atoms with van der Waals surface area (Å²) < 4.78 is 2.20. The van der Waals surface area contributed by atoms with Crippen LogP contribution in [-0.2, 0) is 19.6 Å². The van der Waals surface area contributed by atoms with E-state index >= 15 is 0 Å². The van der Waals surface area contributed by atoms with Crippen LogP contribution in [0.15, 0.2) is 40.5 Å². The van der Waals surface area contributed by atoms with Crippen LogP contribution in [0.3, 0.4) is 0 Å². The molecule has 0 spiro atoms. The van der Waals surface area contributed by atoms with E-state index in [1.807, 2.05) is 12.4 Å². The molecule has 0 aliphatic rings. The van der Waals surface area contributed by atoms with Crippen molar-refractivity contribution < 1.29 is 0 Å². The Morgan fingerprint density at radius 1 is 1.30 bits per heavy atom. The van der Waals surface area contributed by atoms with Gasteiger partial charge in [0.2, 0.25) is 0 Å². The Balaban J connectivity index is 0.00000364. The number of aryl methyl sites for hydroxylation is 1. The number of benzene rings is 1. The lowest BCUT2D eigenvalue weighted by Gasteiger charge is -2.14. The van der Waals surface area contributed by atoms with Gasteiger partial charge in [0, 0.05) is 30.4 Å². The van der Waals surface area contributed by atoms with Crippen molar-refractivity contribution in [2.45, 2.75) is 52.2 Å². The summed E-state index contributed by atoms with van der Waals surface area (Å²) in [7, 11) is 0. The van der Waals surface area contributed by atoms with Crippen LogP contribution in [0, 0.1) is 12.8 Å². The fourth-order valence-corrected chi connectivity index (χ4v) is 3.42. The van der Waals surface area contributed by atoms with Gasteiger partial charge in [-0.05, 0) is 43.2 Å². The zero-order valence-electron chi connectivity index (χ0n) is 17.0. The van der Waals surface area contributed by atoms with Crippen LogP contribution in [0.25, 0.3) is 0 Å². The third kappa shape index (κ3) is 7.73. The van der Waals surface area contributed by atoms with Crippen LogP contribution >= 0.6 is 35.7 Å². The monoisotopic (exact) mass is 501 g/mol. The summed E-state index contributed by atoms with van der Waals surface area (Å²) in [6.45, 7) is 11.8. The van der Waals surface area contributed by atoms with Gasteiger partial charge in [0.25, 0.3) is 0 Å². The van der Waals surface area contributed by atoms with Gasteiger partial charge in [-0.15, -0.1) is 35.7 Å². The van der Waals surface area contributed by atoms with Crippen molar-refractivity contribution in [1.29, 1.82) is 0 Å². The smallest absolute Gasteiger partial charge is 0.191 e. The molecule has 27 heavy (non-hydrogen) atoms. The molecule has 0 radical (unpaired) electrons. The summed E-state index contributed by atoms with van der Waals surface area (Å²) >= 11 is 1.77. The summed E-state index contributed by atoms with van der Waals surface area (Å²) in [5, 5.41) is 6.72. The fourth-order valence-electron chi connectivity index (χ4n) is 2.72. The number of guanidine groups is 1. The normalized spacial score (nSPS) is 11.4. The van der Waals surface area contributed by atoms with Gasteiger partial charge in [0.1, 0.15) is 5.82 Å². The third-order valence-electron chi connectivity index (χ3n) is 3.97. The number of thioether (sulfide) groups is 1. The quantitative estimate of drug-likeness (QED) is 0.243. The lowest BCUT2D eigenvalue weighted by Crippen LogP contribution is -2.37. The maximum atomic E-state index is 4.76. The Morgan fingerprint density at radius 3 is 2.74 bits per heavy atom. The minimum atomic E-state index is 0. The summed E-state index contributed by atoms with van der Waals surface area (Å²) in [6.07, 6.45) is 6.01. The van der Waals surface area contributed by atoms with Crippen LogP contribution in [0.2, 0.25) is 0 Å². The lowest BCUT2D eigenvalue weighted by atomic mass is 10.1. The predicted octanol–water partition coefficient (Wildman–Crippen LogP) is 4.44. The van der Waals surface area contributed by atoms with Crippen molar-refractivity contribution in [3.63, 3.8) is 0 Å². The van der Waals surface area contributed by atoms with Gasteiger partial charge in [-0.1, -0.05) is 26.0 Å². The molecule has 0 aliphatic carbocycles. The number of imidazole rings is 1. The Morgan fingerprint density at radius 2 is 2.07 bits per heavy atom. The molecule has 150 valence electrons. The van der Waals surface area contributed by atoms with E-state index in [0.717, 1.165) is 24.9 Å². The highest BCUT2D eigenvalue weighted by Gasteiger charge is 2.07. The molecule has 0 aliphatic heterocycles. The molecule has 1 aromatic carbocycles. The number of rotatable bonds is 8. The number of aromatic nitrogens is 2. The molecule has 0 unspecified atom stereocenters. The second kappa shape index (κ2) is 12.3. The first kappa shape index (κ1) is 23.8. The van der Waals surface area contributed by atoms with E-state index in [-0.39, 0.29) is 24.0 Å². The molecule has 7 heteroatoms. The van der Waals surface area contributed by atoms with E-state index in [0.29, 0.717) is 19.0 Å². The van der Waals surface area contributed by atoms with Crippen molar-refractivity contribution >= 4 is 41.7 Å². The van der Waals surface area contributed by atoms with Crippen molar-refractivity contribution in [3.8, 4) is 0 Å². The minimum absolute atomic E-state index is 0. The molecular weight excluding hydrogens is 469 g/mol. The first-order valence-electron chi connectivity index (χ1n) is 9.19. The molecule has 0 atom stereocenters. The Bertz CT molecular complexity index is 727. The number of hydrogen-bond donors (Lipinski definition) is 2. The van der Waals surface area contributed by atoms with Crippen molar-refractivity contribution in [2.75, 3.05) is 12.8 Å². The number of nitrogens with one attached hydrogen (secondary N) is 2. The molecule has 0 bridgehead atoms. The highest BCUT2D eigenvalue weighted by molar-refractivity contribution is 14.0. The zero-order valence-corrected chi connectivity index (χ0v) is 20.1. The molecule has 1 heterocycles. The number of hydrogen-bond acceptors (Lipinski definition) is 3. The van der Waals surface area contributed by atoms with Gasteiger partial charge >= 0.3 is 0 Å². The highest BCUT2D eigenvalue weighted by Crippen LogP contribution is 2.22. The van der Waals surface area contributed by atoms with Gasteiger partial charge in [-0.3, -0.25) is 0 Å². The highest BCUT2D eigenvalue weighted by atomic mass is 127. The average molecular weight is 501 g/mol. The molecule has 0 fully saturated rings. The van der Waals surface area contributed by atoms with E-state index < -0.39 is 0 Å². The summed E-state index contributed by atoms with van der Waals surface area (Å²) in [4.78, 5) is 10.5. The van der Waals surface area contributed by atoms with Gasteiger partial charge in [0.15, 0.2) is 5.96 Å². The molecular formula is C20H32IN5S. The van der Waals surface area contributed by atoms with Crippen LogP contribution in [-0.4, -0.2) is 28.3 Å². The van der Waals surface area contributed by atoms with E-state index in [4.69, 9.17) is 4.99 Å². The van der Waals surface area contributed by atoms with Crippen LogP contribution in [0.1, 0.15) is 37.7 Å². The first-order chi connectivity index (χ1) is 12.5. The summed E-state index contributed by atoms with van der Waals surface area (Å²) in [5.74, 6) is 2.44. The van der Waals surface area contributed by atoms with Crippen molar-refractivity contribution in [2.24, 2.45) is 10.9 Å². The van der Waals surface area contributed by atoms with Crippen LogP contribution < -0.4 is 10.6 Å². The van der Waals surface area contributed by atoms with Crippen LogP contribution in [0.4, 0.5) is 0 Å². The fraction of sp³-hybridized carbons (Fsp3) is 0.500. The Hall–Kier alpha value is -1.22. The largest absolute Gasteiger partial charge is 0.357 e. The standard InChI is InChI=1S/C20H31N5S.HI/c1-6-21-20(23-12-17-8-7-16(4)11-18(17)26-5)24-13-19-22-9-10-25(19)14-15(2)3;/h7-11,15H,6,12-14H2,1-5H3,(H2,21,23,24);1H. The molecule has 0 saturated heterocycles. The second-order valence-electron chi connectivity index (χ2n) is 6.75.